The minimum absolute atomic E-state index is 0.0536. The monoisotopic (exact) mass is 344 g/mol. The highest BCUT2D eigenvalue weighted by atomic mass is 19.1. The van der Waals surface area contributed by atoms with Gasteiger partial charge in [0.05, 0.1) is 5.69 Å². The highest BCUT2D eigenvalue weighted by molar-refractivity contribution is 6.13. The molecule has 2 aromatic carbocycles. The molecule has 25 heavy (non-hydrogen) atoms. The predicted octanol–water partition coefficient (Wildman–Crippen LogP) is 3.04. The van der Waals surface area contributed by atoms with Crippen LogP contribution in [0.3, 0.4) is 0 Å². The summed E-state index contributed by atoms with van der Waals surface area (Å²) in [5.74, 6) is -1.79. The first-order chi connectivity index (χ1) is 12.0. The molecule has 0 atom stereocenters. The van der Waals surface area contributed by atoms with Gasteiger partial charge in [-0.1, -0.05) is 30.3 Å². The Morgan fingerprint density at radius 1 is 0.920 bits per heavy atom. The maximum atomic E-state index is 13.6. The van der Waals surface area contributed by atoms with Gasteiger partial charge in [-0.2, -0.15) is 0 Å². The Hall–Kier alpha value is -2.76. The average Bonchev–Trinajstić information content (AvgIpc) is 3.40. The van der Waals surface area contributed by atoms with E-state index < -0.39 is 23.0 Å². The van der Waals surface area contributed by atoms with Crippen molar-refractivity contribution in [2.45, 2.75) is 19.3 Å². The van der Waals surface area contributed by atoms with E-state index in [1.54, 1.807) is 24.3 Å². The molecule has 0 radical (unpaired) electrons. The molecule has 0 heterocycles. The van der Waals surface area contributed by atoms with Crippen LogP contribution >= 0.6 is 0 Å². The Morgan fingerprint density at radius 2 is 1.56 bits per heavy atom. The van der Waals surface area contributed by atoms with Gasteiger partial charge in [-0.3, -0.25) is 9.59 Å². The molecule has 2 amide bonds. The van der Waals surface area contributed by atoms with E-state index in [9.17, 15) is 18.4 Å². The third kappa shape index (κ3) is 3.68. The third-order valence-electron chi connectivity index (χ3n) is 4.38. The Kier molecular flexibility index (Phi) is 4.79. The molecule has 6 heteroatoms. The molecule has 2 aromatic rings. The third-order valence-corrected chi connectivity index (χ3v) is 4.38. The number of halogens is 2. The number of benzene rings is 2. The highest BCUT2D eigenvalue weighted by Crippen LogP contribution is 2.46. The van der Waals surface area contributed by atoms with Gasteiger partial charge in [-0.25, -0.2) is 8.78 Å². The Morgan fingerprint density at radius 3 is 2.20 bits per heavy atom. The van der Waals surface area contributed by atoms with Crippen molar-refractivity contribution in [1.29, 1.82) is 0 Å². The summed E-state index contributed by atoms with van der Waals surface area (Å²) in [6, 6.07) is 12.2. The Bertz CT molecular complexity index is 804. The van der Waals surface area contributed by atoms with Crippen LogP contribution in [0.2, 0.25) is 0 Å². The van der Waals surface area contributed by atoms with Crippen LogP contribution in [0.4, 0.5) is 14.5 Å². The summed E-state index contributed by atoms with van der Waals surface area (Å²) in [7, 11) is 0. The van der Waals surface area contributed by atoms with E-state index in [0.29, 0.717) is 24.8 Å². The lowest BCUT2D eigenvalue weighted by Crippen LogP contribution is -2.40. The minimum Gasteiger partial charge on any atom is -0.355 e. The van der Waals surface area contributed by atoms with Gasteiger partial charge in [0.1, 0.15) is 17.0 Å². The SMILES string of the molecule is O=C(NCCc1ccccc1F)C1(C(=O)Nc2ccccc2F)CC1. The van der Waals surface area contributed by atoms with Crippen LogP contribution in [-0.2, 0) is 16.0 Å². The zero-order chi connectivity index (χ0) is 17.9. The number of amides is 2. The average molecular weight is 344 g/mol. The zero-order valence-corrected chi connectivity index (χ0v) is 13.5. The van der Waals surface area contributed by atoms with Gasteiger partial charge in [0.2, 0.25) is 11.8 Å². The van der Waals surface area contributed by atoms with Gasteiger partial charge in [0.15, 0.2) is 0 Å². The summed E-state index contributed by atoms with van der Waals surface area (Å²) in [5, 5.41) is 5.16. The largest absolute Gasteiger partial charge is 0.355 e. The molecule has 0 unspecified atom stereocenters. The summed E-state index contributed by atoms with van der Waals surface area (Å²) < 4.78 is 27.2. The van der Waals surface area contributed by atoms with Crippen LogP contribution in [0, 0.1) is 17.0 Å². The summed E-state index contributed by atoms with van der Waals surface area (Å²) in [4.78, 5) is 24.7. The second-order valence-electron chi connectivity index (χ2n) is 6.11. The molecule has 3 rings (SSSR count). The maximum absolute atomic E-state index is 13.6. The lowest BCUT2D eigenvalue weighted by Gasteiger charge is -2.16. The first kappa shape index (κ1) is 17.1. The molecule has 1 aliphatic carbocycles. The van der Waals surface area contributed by atoms with Crippen molar-refractivity contribution < 1.29 is 18.4 Å². The molecule has 0 spiro atoms. The van der Waals surface area contributed by atoms with Crippen LogP contribution in [-0.4, -0.2) is 18.4 Å². The van der Waals surface area contributed by atoms with E-state index >= 15 is 0 Å². The topological polar surface area (TPSA) is 58.2 Å². The fraction of sp³-hybridized carbons (Fsp3) is 0.263. The number of hydrogen-bond donors (Lipinski definition) is 2. The predicted molar refractivity (Wildman–Crippen MR) is 89.8 cm³/mol. The quantitative estimate of drug-likeness (QED) is 0.792. The maximum Gasteiger partial charge on any atom is 0.240 e. The van der Waals surface area contributed by atoms with E-state index in [4.69, 9.17) is 0 Å². The highest BCUT2D eigenvalue weighted by Gasteiger charge is 2.56. The van der Waals surface area contributed by atoms with Crippen molar-refractivity contribution >= 4 is 17.5 Å². The number of rotatable bonds is 6. The van der Waals surface area contributed by atoms with Gasteiger partial charge in [0, 0.05) is 6.54 Å². The molecule has 1 fully saturated rings. The Labute approximate surface area is 144 Å². The van der Waals surface area contributed by atoms with Crippen LogP contribution in [0.15, 0.2) is 48.5 Å². The van der Waals surface area contributed by atoms with E-state index in [-0.39, 0.29) is 18.0 Å². The molecule has 0 saturated heterocycles. The van der Waals surface area contributed by atoms with Gasteiger partial charge >= 0.3 is 0 Å². The van der Waals surface area contributed by atoms with E-state index in [0.717, 1.165) is 0 Å². The molecular weight excluding hydrogens is 326 g/mol. The van der Waals surface area contributed by atoms with E-state index in [1.807, 2.05) is 0 Å². The van der Waals surface area contributed by atoms with Crippen molar-refractivity contribution in [2.24, 2.45) is 5.41 Å². The van der Waals surface area contributed by atoms with Crippen molar-refractivity contribution in [1.82, 2.24) is 5.32 Å². The smallest absolute Gasteiger partial charge is 0.240 e. The van der Waals surface area contributed by atoms with Crippen molar-refractivity contribution in [3.8, 4) is 0 Å². The summed E-state index contributed by atoms with van der Waals surface area (Å²) in [6.45, 7) is 0.231. The number of nitrogens with one attached hydrogen (secondary N) is 2. The summed E-state index contributed by atoms with van der Waals surface area (Å²) in [5.41, 5.74) is -0.598. The number of hydrogen-bond acceptors (Lipinski definition) is 2. The van der Waals surface area contributed by atoms with Crippen molar-refractivity contribution in [2.75, 3.05) is 11.9 Å². The van der Waals surface area contributed by atoms with Crippen molar-refractivity contribution in [3.63, 3.8) is 0 Å². The van der Waals surface area contributed by atoms with E-state index in [2.05, 4.69) is 10.6 Å². The number of para-hydroxylation sites is 1. The number of carbonyl (C=O) groups is 2. The first-order valence-corrected chi connectivity index (χ1v) is 8.11. The molecule has 130 valence electrons. The lowest BCUT2D eigenvalue weighted by molar-refractivity contribution is -0.134. The molecule has 2 N–H and O–H groups in total. The summed E-state index contributed by atoms with van der Waals surface area (Å²) >= 11 is 0. The molecule has 1 aliphatic rings. The molecule has 4 nitrogen and oxygen atoms in total. The first-order valence-electron chi connectivity index (χ1n) is 8.11. The second-order valence-corrected chi connectivity index (χ2v) is 6.11. The van der Waals surface area contributed by atoms with Crippen LogP contribution in [0.25, 0.3) is 0 Å². The lowest BCUT2D eigenvalue weighted by atomic mass is 10.0. The molecule has 0 bridgehead atoms. The van der Waals surface area contributed by atoms with Crippen LogP contribution < -0.4 is 10.6 Å². The van der Waals surface area contributed by atoms with Gasteiger partial charge in [-0.05, 0) is 43.0 Å². The van der Waals surface area contributed by atoms with Crippen LogP contribution in [0.5, 0.6) is 0 Å². The fourth-order valence-electron chi connectivity index (χ4n) is 2.67. The zero-order valence-electron chi connectivity index (χ0n) is 13.5. The van der Waals surface area contributed by atoms with Gasteiger partial charge in [-0.15, -0.1) is 0 Å². The standard InChI is InChI=1S/C19H18F2N2O2/c20-14-6-2-1-5-13(14)9-12-22-17(24)19(10-11-19)18(25)23-16-8-4-3-7-15(16)21/h1-8H,9-12H2,(H,22,24)(H,23,25). The van der Waals surface area contributed by atoms with Gasteiger partial charge < -0.3 is 10.6 Å². The van der Waals surface area contributed by atoms with E-state index in [1.165, 1.54) is 24.3 Å². The van der Waals surface area contributed by atoms with Gasteiger partial charge in [0.25, 0.3) is 0 Å². The van der Waals surface area contributed by atoms with Crippen LogP contribution in [0.1, 0.15) is 18.4 Å². The number of carbonyl (C=O) groups excluding carboxylic acids is 2. The molecule has 1 saturated carbocycles. The molecule has 0 aromatic heterocycles. The number of anilines is 1. The normalized spacial score (nSPS) is 14.6. The van der Waals surface area contributed by atoms with Crippen molar-refractivity contribution in [3.05, 3.63) is 65.7 Å². The summed E-state index contributed by atoms with van der Waals surface area (Å²) in [6.07, 6.45) is 1.17. The minimum atomic E-state index is -1.16. The second kappa shape index (κ2) is 7.01. The molecular formula is C19H18F2N2O2. The Balaban J connectivity index is 1.57. The molecule has 0 aliphatic heterocycles. The fourth-order valence-corrected chi connectivity index (χ4v) is 2.67.